The molecule has 4 nitrogen and oxygen atoms in total. The minimum atomic E-state index is -0.183. The summed E-state index contributed by atoms with van der Waals surface area (Å²) in [5.41, 5.74) is 5.91. The van der Waals surface area contributed by atoms with E-state index in [1.165, 1.54) is 0 Å². The maximum atomic E-state index is 11.4. The number of amides is 1. The summed E-state index contributed by atoms with van der Waals surface area (Å²) in [6.45, 7) is 7.75. The fraction of sp³-hybridized carbons (Fsp3) is 0.769. The first-order chi connectivity index (χ1) is 7.95. The quantitative estimate of drug-likeness (QED) is 0.610. The van der Waals surface area contributed by atoms with Gasteiger partial charge in [-0.3, -0.25) is 4.79 Å². The summed E-state index contributed by atoms with van der Waals surface area (Å²) in [6, 6.07) is 0. The lowest BCUT2D eigenvalue weighted by molar-refractivity contribution is -0.115. The van der Waals surface area contributed by atoms with E-state index in [1.54, 1.807) is 0 Å². The Morgan fingerprint density at radius 3 is 2.88 bits per heavy atom. The van der Waals surface area contributed by atoms with Gasteiger partial charge in [-0.05, 0) is 24.2 Å². The molecule has 1 amide bonds. The van der Waals surface area contributed by atoms with E-state index in [1.807, 2.05) is 6.92 Å². The van der Waals surface area contributed by atoms with Crippen molar-refractivity contribution in [2.45, 2.75) is 39.8 Å². The lowest BCUT2D eigenvalue weighted by Crippen LogP contribution is -2.51. The molecule has 4 N–H and O–H groups in total. The maximum absolute atomic E-state index is 11.4. The Bertz CT molecular complexity index is 327. The highest BCUT2D eigenvalue weighted by Gasteiger charge is 2.34. The lowest BCUT2D eigenvalue weighted by Gasteiger charge is -2.39. The highest BCUT2D eigenvalue weighted by Crippen LogP contribution is 2.33. The van der Waals surface area contributed by atoms with E-state index >= 15 is 0 Å². The summed E-state index contributed by atoms with van der Waals surface area (Å²) in [5, 5.41) is 5.95. The van der Waals surface area contributed by atoms with Crippen LogP contribution in [-0.2, 0) is 4.79 Å². The van der Waals surface area contributed by atoms with Crippen LogP contribution in [0.2, 0.25) is 0 Å². The molecule has 0 aliphatic carbocycles. The van der Waals surface area contributed by atoms with E-state index in [0.29, 0.717) is 6.54 Å². The van der Waals surface area contributed by atoms with Crippen molar-refractivity contribution in [3.8, 4) is 11.8 Å². The second-order valence-electron chi connectivity index (χ2n) is 5.29. The van der Waals surface area contributed by atoms with Gasteiger partial charge in [-0.15, -0.1) is 0 Å². The Morgan fingerprint density at radius 1 is 1.59 bits per heavy atom. The van der Waals surface area contributed by atoms with Gasteiger partial charge in [0.15, 0.2) is 0 Å². The second kappa shape index (κ2) is 6.04. The third kappa shape index (κ3) is 4.37. The molecule has 0 radical (unpaired) electrons. The van der Waals surface area contributed by atoms with Gasteiger partial charge in [0.05, 0.1) is 6.17 Å². The Morgan fingerprint density at radius 2 is 2.29 bits per heavy atom. The molecule has 0 bridgehead atoms. The van der Waals surface area contributed by atoms with Crippen LogP contribution >= 0.6 is 0 Å². The SMILES string of the molecule is CCCNC(=O)C#CC1CNC(N)CC1(C)C. The smallest absolute Gasteiger partial charge is 0.295 e. The van der Waals surface area contributed by atoms with Crippen molar-refractivity contribution in [2.24, 2.45) is 17.1 Å². The third-order valence-corrected chi connectivity index (χ3v) is 3.17. The van der Waals surface area contributed by atoms with Gasteiger partial charge in [0, 0.05) is 19.0 Å². The number of carbonyl (C=O) groups excluding carboxylic acids is 1. The van der Waals surface area contributed by atoms with E-state index in [0.717, 1.165) is 19.4 Å². The van der Waals surface area contributed by atoms with E-state index in [2.05, 4.69) is 36.3 Å². The molecular formula is C13H23N3O. The zero-order valence-corrected chi connectivity index (χ0v) is 11.0. The minimum absolute atomic E-state index is 0.0389. The second-order valence-corrected chi connectivity index (χ2v) is 5.29. The van der Waals surface area contributed by atoms with Crippen molar-refractivity contribution in [2.75, 3.05) is 13.1 Å². The predicted octanol–water partition coefficient (Wildman–Crippen LogP) is 0.437. The molecule has 96 valence electrons. The van der Waals surface area contributed by atoms with Crippen LogP contribution in [0.15, 0.2) is 0 Å². The third-order valence-electron chi connectivity index (χ3n) is 3.17. The normalized spacial score (nSPS) is 26.8. The van der Waals surface area contributed by atoms with Crippen molar-refractivity contribution in [3.63, 3.8) is 0 Å². The summed E-state index contributed by atoms with van der Waals surface area (Å²) >= 11 is 0. The van der Waals surface area contributed by atoms with Crippen LogP contribution < -0.4 is 16.4 Å². The topological polar surface area (TPSA) is 67.2 Å². The van der Waals surface area contributed by atoms with Crippen molar-refractivity contribution >= 4 is 5.91 Å². The van der Waals surface area contributed by atoms with E-state index < -0.39 is 0 Å². The van der Waals surface area contributed by atoms with Gasteiger partial charge < -0.3 is 16.4 Å². The van der Waals surface area contributed by atoms with Crippen LogP contribution in [0.25, 0.3) is 0 Å². The summed E-state index contributed by atoms with van der Waals surface area (Å²) in [5.74, 6) is 5.73. The van der Waals surface area contributed by atoms with Gasteiger partial charge in [-0.25, -0.2) is 0 Å². The number of nitrogens with two attached hydrogens (primary N) is 1. The number of hydrogen-bond donors (Lipinski definition) is 3. The van der Waals surface area contributed by atoms with Crippen molar-refractivity contribution < 1.29 is 4.79 Å². The molecule has 1 rings (SSSR count). The monoisotopic (exact) mass is 237 g/mol. The Kier molecular flexibility index (Phi) is 4.98. The van der Waals surface area contributed by atoms with Gasteiger partial charge >= 0.3 is 0 Å². The lowest BCUT2D eigenvalue weighted by atomic mass is 9.73. The van der Waals surface area contributed by atoms with Crippen LogP contribution in [0, 0.1) is 23.2 Å². The summed E-state index contributed by atoms with van der Waals surface area (Å²) in [6.07, 6.45) is 1.85. The van der Waals surface area contributed by atoms with Gasteiger partial charge in [0.25, 0.3) is 5.91 Å². The van der Waals surface area contributed by atoms with Crippen molar-refractivity contribution in [3.05, 3.63) is 0 Å². The van der Waals surface area contributed by atoms with Gasteiger partial charge in [-0.2, -0.15) is 0 Å². The fourth-order valence-electron chi connectivity index (χ4n) is 2.01. The Balaban J connectivity index is 2.56. The molecule has 0 aromatic carbocycles. The molecule has 4 heteroatoms. The van der Waals surface area contributed by atoms with E-state index in [9.17, 15) is 4.79 Å². The molecule has 1 aliphatic heterocycles. The molecule has 1 saturated heterocycles. The first kappa shape index (κ1) is 14.0. The average Bonchev–Trinajstić information content (AvgIpc) is 2.23. The van der Waals surface area contributed by atoms with E-state index in [-0.39, 0.29) is 23.4 Å². The van der Waals surface area contributed by atoms with Crippen LogP contribution in [0.5, 0.6) is 0 Å². The standard InChI is InChI=1S/C13H23N3O/c1-4-7-15-12(17)6-5-10-9-16-11(14)8-13(10,2)3/h10-11,16H,4,7-9,14H2,1-3H3,(H,15,17). The first-order valence-electron chi connectivity index (χ1n) is 6.24. The van der Waals surface area contributed by atoms with Crippen LogP contribution in [0.4, 0.5) is 0 Å². The summed E-state index contributed by atoms with van der Waals surface area (Å²) in [4.78, 5) is 11.4. The number of nitrogens with one attached hydrogen (secondary N) is 2. The maximum Gasteiger partial charge on any atom is 0.295 e. The molecule has 1 heterocycles. The molecule has 0 saturated carbocycles. The van der Waals surface area contributed by atoms with Crippen molar-refractivity contribution in [1.29, 1.82) is 0 Å². The zero-order valence-electron chi connectivity index (χ0n) is 11.0. The largest absolute Gasteiger partial charge is 0.345 e. The van der Waals surface area contributed by atoms with Crippen LogP contribution in [0.1, 0.15) is 33.6 Å². The van der Waals surface area contributed by atoms with Gasteiger partial charge in [0.2, 0.25) is 0 Å². The summed E-state index contributed by atoms with van der Waals surface area (Å²) < 4.78 is 0. The first-order valence-corrected chi connectivity index (χ1v) is 6.24. The van der Waals surface area contributed by atoms with Crippen LogP contribution in [0.3, 0.4) is 0 Å². The number of piperidine rings is 1. The number of rotatable bonds is 2. The zero-order chi connectivity index (χ0) is 12.9. The molecular weight excluding hydrogens is 214 g/mol. The Hall–Kier alpha value is -1.05. The average molecular weight is 237 g/mol. The molecule has 0 aromatic rings. The predicted molar refractivity (Wildman–Crippen MR) is 68.9 cm³/mol. The number of carbonyl (C=O) groups is 1. The minimum Gasteiger partial charge on any atom is -0.345 e. The molecule has 0 spiro atoms. The molecule has 2 atom stereocenters. The van der Waals surface area contributed by atoms with Gasteiger partial charge in [0.1, 0.15) is 0 Å². The van der Waals surface area contributed by atoms with Crippen LogP contribution in [-0.4, -0.2) is 25.2 Å². The molecule has 17 heavy (non-hydrogen) atoms. The molecule has 1 fully saturated rings. The highest BCUT2D eigenvalue weighted by molar-refractivity contribution is 5.93. The summed E-state index contributed by atoms with van der Waals surface area (Å²) in [7, 11) is 0. The molecule has 0 aromatic heterocycles. The highest BCUT2D eigenvalue weighted by atomic mass is 16.1. The molecule has 2 unspecified atom stereocenters. The Labute approximate surface area is 104 Å². The van der Waals surface area contributed by atoms with Crippen molar-refractivity contribution in [1.82, 2.24) is 10.6 Å². The molecule has 1 aliphatic rings. The fourth-order valence-corrected chi connectivity index (χ4v) is 2.01. The number of hydrogen-bond acceptors (Lipinski definition) is 3. The van der Waals surface area contributed by atoms with Gasteiger partial charge in [-0.1, -0.05) is 26.7 Å². The van der Waals surface area contributed by atoms with E-state index in [4.69, 9.17) is 5.73 Å².